The summed E-state index contributed by atoms with van der Waals surface area (Å²) < 4.78 is 5.38. The molecular formula is C18H27N3O2. The first kappa shape index (κ1) is 16.3. The molecule has 0 saturated carbocycles. The second-order valence-corrected chi connectivity index (χ2v) is 6.41. The molecule has 5 nitrogen and oxygen atoms in total. The summed E-state index contributed by atoms with van der Waals surface area (Å²) in [6.07, 6.45) is 3.69. The van der Waals surface area contributed by atoms with Gasteiger partial charge in [0, 0.05) is 24.5 Å². The van der Waals surface area contributed by atoms with E-state index in [9.17, 15) is 4.79 Å². The zero-order valence-corrected chi connectivity index (χ0v) is 14.0. The van der Waals surface area contributed by atoms with Gasteiger partial charge in [0.25, 0.3) is 0 Å². The van der Waals surface area contributed by atoms with E-state index in [-0.39, 0.29) is 11.9 Å². The van der Waals surface area contributed by atoms with Crippen molar-refractivity contribution < 1.29 is 9.53 Å². The van der Waals surface area contributed by atoms with E-state index in [2.05, 4.69) is 27.2 Å². The molecule has 0 aromatic heterocycles. The number of ether oxygens (including phenoxy) is 1. The van der Waals surface area contributed by atoms with Crippen molar-refractivity contribution in [3.8, 4) is 0 Å². The third-order valence-electron chi connectivity index (χ3n) is 4.83. The van der Waals surface area contributed by atoms with Crippen LogP contribution in [0.3, 0.4) is 0 Å². The second-order valence-electron chi connectivity index (χ2n) is 6.41. The smallest absolute Gasteiger partial charge is 0.241 e. The number of rotatable bonds is 4. The molecule has 0 unspecified atom stereocenters. The third kappa shape index (κ3) is 4.24. The summed E-state index contributed by atoms with van der Waals surface area (Å²) in [5.41, 5.74) is 2.06. The number of benzene rings is 1. The van der Waals surface area contributed by atoms with Gasteiger partial charge in [-0.25, -0.2) is 0 Å². The minimum atomic E-state index is -0.0609. The lowest BCUT2D eigenvalue weighted by molar-refractivity contribution is -0.121. The van der Waals surface area contributed by atoms with Crippen LogP contribution in [0.1, 0.15) is 26.2 Å². The molecule has 1 atom stereocenters. The van der Waals surface area contributed by atoms with Gasteiger partial charge in [-0.1, -0.05) is 6.42 Å². The maximum atomic E-state index is 12.4. The highest BCUT2D eigenvalue weighted by Crippen LogP contribution is 2.20. The zero-order chi connectivity index (χ0) is 16.1. The van der Waals surface area contributed by atoms with E-state index >= 15 is 0 Å². The van der Waals surface area contributed by atoms with Crippen LogP contribution in [0.15, 0.2) is 24.3 Å². The van der Waals surface area contributed by atoms with Gasteiger partial charge in [-0.05, 0) is 57.1 Å². The molecule has 2 heterocycles. The van der Waals surface area contributed by atoms with Crippen LogP contribution in [-0.4, -0.2) is 56.2 Å². The Kier molecular flexibility index (Phi) is 5.51. The topological polar surface area (TPSA) is 44.8 Å². The maximum Gasteiger partial charge on any atom is 0.241 e. The van der Waals surface area contributed by atoms with Gasteiger partial charge in [0.05, 0.1) is 19.3 Å². The van der Waals surface area contributed by atoms with Crippen LogP contribution in [-0.2, 0) is 9.53 Å². The number of carbonyl (C=O) groups excluding carboxylic acids is 1. The van der Waals surface area contributed by atoms with Crippen molar-refractivity contribution in [1.82, 2.24) is 4.90 Å². The average molecular weight is 317 g/mol. The van der Waals surface area contributed by atoms with Crippen LogP contribution in [0.2, 0.25) is 0 Å². The van der Waals surface area contributed by atoms with E-state index in [0.29, 0.717) is 0 Å². The van der Waals surface area contributed by atoms with Gasteiger partial charge in [-0.15, -0.1) is 0 Å². The van der Waals surface area contributed by atoms with E-state index in [4.69, 9.17) is 4.74 Å². The van der Waals surface area contributed by atoms with Crippen LogP contribution < -0.4 is 10.2 Å². The van der Waals surface area contributed by atoms with Crippen molar-refractivity contribution in [2.45, 2.75) is 32.2 Å². The Hall–Kier alpha value is -1.59. The Bertz CT molecular complexity index is 506. The predicted octanol–water partition coefficient (Wildman–Crippen LogP) is 2.34. The van der Waals surface area contributed by atoms with Crippen molar-refractivity contribution in [2.75, 3.05) is 49.6 Å². The first-order valence-electron chi connectivity index (χ1n) is 8.72. The Labute approximate surface area is 138 Å². The maximum absolute atomic E-state index is 12.4. The Morgan fingerprint density at radius 1 is 1.04 bits per heavy atom. The molecule has 3 rings (SSSR count). The minimum absolute atomic E-state index is 0.0609. The number of nitrogens with zero attached hydrogens (tertiary/aromatic N) is 2. The summed E-state index contributed by atoms with van der Waals surface area (Å²) in [4.78, 5) is 17.0. The van der Waals surface area contributed by atoms with Crippen LogP contribution in [0.4, 0.5) is 11.4 Å². The molecule has 23 heavy (non-hydrogen) atoms. The first-order chi connectivity index (χ1) is 11.2. The standard InChI is InChI=1S/C18H27N3O2/c1-15(20-9-3-2-4-10-20)18(22)19-16-5-7-17(8-6-16)21-11-13-23-14-12-21/h5-8,15H,2-4,9-14H2,1H3,(H,19,22)/t15-/m0/s1. The third-order valence-corrected chi connectivity index (χ3v) is 4.83. The Morgan fingerprint density at radius 2 is 1.70 bits per heavy atom. The number of nitrogens with one attached hydrogen (secondary N) is 1. The lowest BCUT2D eigenvalue weighted by atomic mass is 10.1. The molecular weight excluding hydrogens is 290 g/mol. The number of piperidine rings is 1. The van der Waals surface area contributed by atoms with Gasteiger partial charge >= 0.3 is 0 Å². The Morgan fingerprint density at radius 3 is 2.35 bits per heavy atom. The lowest BCUT2D eigenvalue weighted by Gasteiger charge is -2.31. The fraction of sp³-hybridized carbons (Fsp3) is 0.611. The van der Waals surface area contributed by atoms with Crippen molar-refractivity contribution in [2.24, 2.45) is 0 Å². The summed E-state index contributed by atoms with van der Waals surface area (Å²) in [6, 6.07) is 8.07. The SMILES string of the molecule is C[C@@H](C(=O)Nc1ccc(N2CCOCC2)cc1)N1CCCCC1. The average Bonchev–Trinajstić information content (AvgIpc) is 2.63. The molecule has 2 saturated heterocycles. The number of hydrogen-bond donors (Lipinski definition) is 1. The molecule has 1 amide bonds. The van der Waals surface area contributed by atoms with Crippen molar-refractivity contribution in [3.05, 3.63) is 24.3 Å². The molecule has 126 valence electrons. The molecule has 0 spiro atoms. The van der Waals surface area contributed by atoms with Crippen LogP contribution >= 0.6 is 0 Å². The van der Waals surface area contributed by atoms with Gasteiger partial charge in [-0.3, -0.25) is 9.69 Å². The van der Waals surface area contributed by atoms with Gasteiger partial charge in [-0.2, -0.15) is 0 Å². The van der Waals surface area contributed by atoms with E-state index in [1.54, 1.807) is 0 Å². The Balaban J connectivity index is 1.55. The second kappa shape index (κ2) is 7.79. The highest BCUT2D eigenvalue weighted by molar-refractivity contribution is 5.94. The van der Waals surface area contributed by atoms with Crippen molar-refractivity contribution in [3.63, 3.8) is 0 Å². The number of carbonyl (C=O) groups is 1. The summed E-state index contributed by atoms with van der Waals surface area (Å²) >= 11 is 0. The molecule has 1 aromatic carbocycles. The monoisotopic (exact) mass is 317 g/mol. The van der Waals surface area contributed by atoms with E-state index in [1.165, 1.54) is 24.9 Å². The minimum Gasteiger partial charge on any atom is -0.378 e. The summed E-state index contributed by atoms with van der Waals surface area (Å²) in [6.45, 7) is 7.49. The van der Waals surface area contributed by atoms with E-state index < -0.39 is 0 Å². The molecule has 2 aliphatic heterocycles. The normalized spacial score (nSPS) is 21.0. The molecule has 0 bridgehead atoms. The van der Waals surface area contributed by atoms with Crippen molar-refractivity contribution in [1.29, 1.82) is 0 Å². The van der Waals surface area contributed by atoms with Crippen LogP contribution in [0.5, 0.6) is 0 Å². The molecule has 0 radical (unpaired) electrons. The fourth-order valence-electron chi connectivity index (χ4n) is 3.30. The number of hydrogen-bond acceptors (Lipinski definition) is 4. The van der Waals surface area contributed by atoms with E-state index in [1.807, 2.05) is 19.1 Å². The highest BCUT2D eigenvalue weighted by Gasteiger charge is 2.22. The molecule has 2 fully saturated rings. The summed E-state index contributed by atoms with van der Waals surface area (Å²) in [5.74, 6) is 0.0889. The number of morpholine rings is 1. The molecule has 1 aromatic rings. The number of likely N-dealkylation sites (tertiary alicyclic amines) is 1. The lowest BCUT2D eigenvalue weighted by Crippen LogP contribution is -2.44. The predicted molar refractivity (Wildman–Crippen MR) is 93.0 cm³/mol. The molecule has 2 aliphatic rings. The summed E-state index contributed by atoms with van der Waals surface area (Å²) in [5, 5.41) is 3.05. The van der Waals surface area contributed by atoms with Crippen LogP contribution in [0.25, 0.3) is 0 Å². The van der Waals surface area contributed by atoms with E-state index in [0.717, 1.165) is 45.1 Å². The largest absolute Gasteiger partial charge is 0.378 e. The van der Waals surface area contributed by atoms with Crippen molar-refractivity contribution >= 4 is 17.3 Å². The van der Waals surface area contributed by atoms with Gasteiger partial charge in [0.2, 0.25) is 5.91 Å². The van der Waals surface area contributed by atoms with Gasteiger partial charge < -0.3 is 15.0 Å². The highest BCUT2D eigenvalue weighted by atomic mass is 16.5. The quantitative estimate of drug-likeness (QED) is 0.926. The van der Waals surface area contributed by atoms with Gasteiger partial charge in [0.1, 0.15) is 0 Å². The fourth-order valence-corrected chi connectivity index (χ4v) is 3.30. The zero-order valence-electron chi connectivity index (χ0n) is 14.0. The summed E-state index contributed by atoms with van der Waals surface area (Å²) in [7, 11) is 0. The van der Waals surface area contributed by atoms with Gasteiger partial charge in [0.15, 0.2) is 0 Å². The number of anilines is 2. The first-order valence-corrected chi connectivity index (χ1v) is 8.72. The molecule has 0 aliphatic carbocycles. The molecule has 1 N–H and O–H groups in total. The number of amides is 1. The van der Waals surface area contributed by atoms with Crippen LogP contribution in [0, 0.1) is 0 Å². The molecule has 5 heteroatoms.